The van der Waals surface area contributed by atoms with E-state index in [0.717, 1.165) is 36.3 Å². The van der Waals surface area contributed by atoms with E-state index in [0.29, 0.717) is 29.1 Å². The number of nitro benzene ring substituents is 1. The summed E-state index contributed by atoms with van der Waals surface area (Å²) < 4.78 is 0. The van der Waals surface area contributed by atoms with Crippen molar-refractivity contribution < 1.29 is 9.72 Å². The second-order valence-electron chi connectivity index (χ2n) is 8.13. The van der Waals surface area contributed by atoms with Crippen molar-refractivity contribution in [3.63, 3.8) is 0 Å². The van der Waals surface area contributed by atoms with Crippen LogP contribution in [0.1, 0.15) is 27.8 Å². The summed E-state index contributed by atoms with van der Waals surface area (Å²) in [5.41, 5.74) is 12.8. The van der Waals surface area contributed by atoms with Crippen molar-refractivity contribution in [1.82, 2.24) is 5.32 Å². The van der Waals surface area contributed by atoms with Gasteiger partial charge in [-0.15, -0.1) is 0 Å². The summed E-state index contributed by atoms with van der Waals surface area (Å²) in [6.07, 6.45) is 0.928. The van der Waals surface area contributed by atoms with Gasteiger partial charge in [-0.1, -0.05) is 30.3 Å². The van der Waals surface area contributed by atoms with Crippen LogP contribution in [0.5, 0.6) is 0 Å². The minimum Gasteiger partial charge on any atom is -0.354 e. The summed E-state index contributed by atoms with van der Waals surface area (Å²) in [7, 11) is 0. The molecule has 2 aliphatic heterocycles. The van der Waals surface area contributed by atoms with Crippen LogP contribution in [-0.4, -0.2) is 17.4 Å². The Labute approximate surface area is 190 Å². The van der Waals surface area contributed by atoms with Crippen LogP contribution >= 0.6 is 0 Å². The third-order valence-electron chi connectivity index (χ3n) is 6.05. The monoisotopic (exact) mass is 441 g/mol. The lowest BCUT2D eigenvalue weighted by Gasteiger charge is -2.20. The second-order valence-corrected chi connectivity index (χ2v) is 8.13. The molecule has 0 bridgehead atoms. The van der Waals surface area contributed by atoms with Gasteiger partial charge in [-0.3, -0.25) is 14.9 Å². The van der Waals surface area contributed by atoms with Crippen molar-refractivity contribution in [1.29, 1.82) is 0 Å². The fraction of sp³-hybridized carbons (Fsp3) is 0.160. The summed E-state index contributed by atoms with van der Waals surface area (Å²) in [6, 6.07) is 18.2. The summed E-state index contributed by atoms with van der Waals surface area (Å²) in [5.74, 6) is -0.307. The lowest BCUT2D eigenvalue weighted by Crippen LogP contribution is -2.23. The first kappa shape index (κ1) is 20.9. The molecule has 2 heterocycles. The number of nitrogens with one attached hydrogen (secondary N) is 3. The number of carbonyl (C=O) groups is 1. The Kier molecular flexibility index (Phi) is 5.37. The maximum atomic E-state index is 13.1. The number of non-ortho nitro benzene ring substituents is 1. The molecule has 0 aromatic heterocycles. The molecule has 0 fully saturated rings. The number of nitrogens with two attached hydrogens (primary N) is 1. The Bertz CT molecular complexity index is 1300. The van der Waals surface area contributed by atoms with Crippen molar-refractivity contribution >= 4 is 34.2 Å². The molecule has 8 nitrogen and oxygen atoms in total. The first-order valence-corrected chi connectivity index (χ1v) is 10.8. The average molecular weight is 441 g/mol. The van der Waals surface area contributed by atoms with Gasteiger partial charge in [0.05, 0.1) is 16.2 Å². The maximum absolute atomic E-state index is 13.1. The van der Waals surface area contributed by atoms with E-state index in [9.17, 15) is 14.9 Å². The zero-order valence-electron chi connectivity index (χ0n) is 17.9. The first-order chi connectivity index (χ1) is 16.0. The zero-order chi connectivity index (χ0) is 22.9. The van der Waals surface area contributed by atoms with Gasteiger partial charge in [-0.2, -0.15) is 0 Å². The highest BCUT2D eigenvalue weighted by Gasteiger charge is 2.30. The van der Waals surface area contributed by atoms with Crippen LogP contribution in [0.25, 0.3) is 11.3 Å². The molecule has 8 heteroatoms. The van der Waals surface area contributed by atoms with Gasteiger partial charge < -0.3 is 21.7 Å². The highest BCUT2D eigenvalue weighted by Crippen LogP contribution is 2.39. The Morgan fingerprint density at radius 1 is 1.06 bits per heavy atom. The second kappa shape index (κ2) is 8.50. The lowest BCUT2D eigenvalue weighted by molar-refractivity contribution is -0.384. The largest absolute Gasteiger partial charge is 0.354 e. The number of nitro groups is 1. The molecule has 5 N–H and O–H groups in total. The predicted molar refractivity (Wildman–Crippen MR) is 128 cm³/mol. The molecule has 1 amide bonds. The van der Waals surface area contributed by atoms with Gasteiger partial charge in [0.25, 0.3) is 11.6 Å². The molecular formula is C25H23N5O3. The summed E-state index contributed by atoms with van der Waals surface area (Å²) in [4.78, 5) is 24.0. The number of hydrogen-bond donors (Lipinski definition) is 4. The van der Waals surface area contributed by atoms with E-state index < -0.39 is 4.92 Å². The molecule has 2 aliphatic rings. The molecule has 5 rings (SSSR count). The van der Waals surface area contributed by atoms with Crippen molar-refractivity contribution in [2.45, 2.75) is 19.5 Å². The molecule has 33 heavy (non-hydrogen) atoms. The van der Waals surface area contributed by atoms with E-state index in [1.807, 2.05) is 30.3 Å². The van der Waals surface area contributed by atoms with E-state index in [4.69, 9.17) is 5.73 Å². The van der Waals surface area contributed by atoms with Crippen LogP contribution < -0.4 is 21.7 Å². The number of nitrogens with zero attached hydrogens (tertiary/aromatic N) is 1. The number of fused-ring (bicyclic) bond motifs is 2. The molecule has 0 radical (unpaired) electrons. The Hall–Kier alpha value is -4.01. The van der Waals surface area contributed by atoms with Crippen LogP contribution in [0, 0.1) is 10.1 Å². The fourth-order valence-corrected chi connectivity index (χ4v) is 4.30. The standard InChI is InChI=1S/C25H23N5O3/c26-13-15-1-3-16(4-2-15)24(28-19-6-5-18-14-27-10-9-17(18)11-19)23-21-12-20(30(32)33)7-8-22(21)29-25(23)31/h1-8,11-12,27-28H,9-10,13-14,26H2,(H,29,31). The molecule has 0 unspecified atom stereocenters. The number of rotatable bonds is 5. The average Bonchev–Trinajstić information content (AvgIpc) is 3.17. The Morgan fingerprint density at radius 3 is 2.64 bits per heavy atom. The minimum absolute atomic E-state index is 0.0677. The molecule has 3 aromatic rings. The molecular weight excluding hydrogens is 418 g/mol. The fourth-order valence-electron chi connectivity index (χ4n) is 4.30. The molecule has 166 valence electrons. The molecule has 0 saturated carbocycles. The van der Waals surface area contributed by atoms with Gasteiger partial charge in [0.2, 0.25) is 0 Å². The van der Waals surface area contributed by atoms with Gasteiger partial charge in [0, 0.05) is 42.2 Å². The minimum atomic E-state index is -0.457. The van der Waals surface area contributed by atoms with Gasteiger partial charge in [-0.05, 0) is 53.4 Å². The highest BCUT2D eigenvalue weighted by molar-refractivity contribution is 6.37. The Balaban J connectivity index is 1.66. The van der Waals surface area contributed by atoms with E-state index in [1.54, 1.807) is 6.07 Å². The van der Waals surface area contributed by atoms with E-state index in [1.165, 1.54) is 23.3 Å². The van der Waals surface area contributed by atoms with Crippen LogP contribution in [-0.2, 0) is 24.3 Å². The van der Waals surface area contributed by atoms with E-state index in [-0.39, 0.29) is 11.6 Å². The number of benzene rings is 3. The van der Waals surface area contributed by atoms with Crippen LogP contribution in [0.15, 0.2) is 60.7 Å². The van der Waals surface area contributed by atoms with Crippen molar-refractivity contribution in [3.05, 3.63) is 98.6 Å². The summed E-state index contributed by atoms with van der Waals surface area (Å²) >= 11 is 0. The maximum Gasteiger partial charge on any atom is 0.270 e. The molecule has 0 aliphatic carbocycles. The smallest absolute Gasteiger partial charge is 0.270 e. The van der Waals surface area contributed by atoms with Gasteiger partial charge in [0.15, 0.2) is 0 Å². The third-order valence-corrected chi connectivity index (χ3v) is 6.05. The lowest BCUT2D eigenvalue weighted by atomic mass is 9.97. The number of anilines is 2. The summed E-state index contributed by atoms with van der Waals surface area (Å²) in [5, 5.41) is 21.0. The number of carbonyl (C=O) groups excluding carboxylic acids is 1. The van der Waals surface area contributed by atoms with E-state index in [2.05, 4.69) is 28.1 Å². The summed E-state index contributed by atoms with van der Waals surface area (Å²) in [6.45, 7) is 2.17. The van der Waals surface area contributed by atoms with Crippen molar-refractivity contribution in [2.75, 3.05) is 17.2 Å². The van der Waals surface area contributed by atoms with Crippen LogP contribution in [0.2, 0.25) is 0 Å². The zero-order valence-corrected chi connectivity index (χ0v) is 17.9. The SMILES string of the molecule is NCc1ccc(C(Nc2ccc3c(c2)CCNC3)=C2C(=O)Nc3ccc([N+](=O)[O-])cc32)cc1. The first-order valence-electron chi connectivity index (χ1n) is 10.8. The molecule has 0 atom stereocenters. The van der Waals surface area contributed by atoms with Gasteiger partial charge in [-0.25, -0.2) is 0 Å². The number of hydrogen-bond acceptors (Lipinski definition) is 6. The van der Waals surface area contributed by atoms with Gasteiger partial charge in [0.1, 0.15) is 0 Å². The van der Waals surface area contributed by atoms with Gasteiger partial charge >= 0.3 is 0 Å². The third kappa shape index (κ3) is 3.97. The molecule has 3 aromatic carbocycles. The number of amides is 1. The normalized spacial score (nSPS) is 16.0. The van der Waals surface area contributed by atoms with Crippen LogP contribution in [0.4, 0.5) is 17.1 Å². The molecule has 0 saturated heterocycles. The van der Waals surface area contributed by atoms with E-state index >= 15 is 0 Å². The van der Waals surface area contributed by atoms with Crippen molar-refractivity contribution in [3.8, 4) is 0 Å². The topological polar surface area (TPSA) is 122 Å². The van der Waals surface area contributed by atoms with Crippen molar-refractivity contribution in [2.24, 2.45) is 5.73 Å². The highest BCUT2D eigenvalue weighted by atomic mass is 16.6. The van der Waals surface area contributed by atoms with Crippen LogP contribution in [0.3, 0.4) is 0 Å². The molecule has 0 spiro atoms. The predicted octanol–water partition coefficient (Wildman–Crippen LogP) is 3.63. The Morgan fingerprint density at radius 2 is 1.88 bits per heavy atom. The quantitative estimate of drug-likeness (QED) is 0.272.